The van der Waals surface area contributed by atoms with E-state index in [4.69, 9.17) is 66.4 Å². The Balaban J connectivity index is -0.000000563. The third kappa shape index (κ3) is 63.9. The van der Waals surface area contributed by atoms with Crippen LogP contribution in [0.5, 0.6) is 0 Å². The lowest BCUT2D eigenvalue weighted by Gasteiger charge is -2.22. The van der Waals surface area contributed by atoms with Gasteiger partial charge >= 0.3 is 47.8 Å². The van der Waals surface area contributed by atoms with Gasteiger partial charge in [0.2, 0.25) is 0 Å². The fourth-order valence-electron chi connectivity index (χ4n) is 7.92. The molecule has 8 aromatic rings. The maximum atomic E-state index is 10.2. The summed E-state index contributed by atoms with van der Waals surface area (Å²) in [4.78, 5) is 81.6. The van der Waals surface area contributed by atoms with Crippen LogP contribution in [0.1, 0.15) is 176 Å². The van der Waals surface area contributed by atoms with Gasteiger partial charge in [0.15, 0.2) is 0 Å². The number of aromatic carboxylic acids is 8. The van der Waals surface area contributed by atoms with E-state index in [9.17, 15) is 53.7 Å². The first-order valence-electron chi connectivity index (χ1n) is 34.4. The van der Waals surface area contributed by atoms with E-state index >= 15 is 0 Å². The summed E-state index contributed by atoms with van der Waals surface area (Å²) in [6, 6.07) is 66.4. The summed E-state index contributed by atoms with van der Waals surface area (Å²) < 4.78 is 0. The van der Waals surface area contributed by atoms with Crippen molar-refractivity contribution in [1.29, 1.82) is 0 Å². The normalized spacial score (nSPS) is 12.0. The van der Waals surface area contributed by atoms with Gasteiger partial charge in [-0.25, -0.2) is 38.4 Å². The van der Waals surface area contributed by atoms with Crippen LogP contribution in [0.2, 0.25) is 0 Å². The molecule has 16 N–H and O–H groups in total. The van der Waals surface area contributed by atoms with Crippen molar-refractivity contribution in [3.8, 4) is 0 Å². The highest BCUT2D eigenvalue weighted by molar-refractivity contribution is 5.90. The SMILES string of the molecule is C=CCC(C)(O)CC(C)O.C=CCC(O)C(C)C(C)O.C=CCC(O)CC(C)(C)O.C=CCC(O)CC(C)O.O=C(O)c1ccccc1.O=C(O)c1ccccc1.O=C(O)c1ccccc1.O=C(O)c1ccccc1.O=C(O)c1ccccc1.O=C(O)c1ccccc1.O=C(O)c1ccccc1.O=C(O)c1ccccc1. The van der Waals surface area contributed by atoms with Crippen LogP contribution in [-0.2, 0) is 0 Å². The maximum absolute atomic E-state index is 10.2. The predicted octanol–water partition coefficient (Wildman–Crippen LogP) is 14.9. The van der Waals surface area contributed by atoms with Crippen molar-refractivity contribution >= 4 is 47.8 Å². The minimum atomic E-state index is -0.879. The first kappa shape index (κ1) is 106. The highest BCUT2D eigenvalue weighted by atomic mass is 16.4. The first-order chi connectivity index (χ1) is 52.1. The number of carboxylic acids is 8. The number of rotatable bonds is 24. The van der Waals surface area contributed by atoms with Crippen LogP contribution in [0, 0.1) is 5.92 Å². The zero-order valence-corrected chi connectivity index (χ0v) is 63.6. The van der Waals surface area contributed by atoms with Crippen LogP contribution in [0.4, 0.5) is 0 Å². The molecular weight excluding hydrogens is 1430 g/mol. The van der Waals surface area contributed by atoms with Gasteiger partial charge in [0.1, 0.15) is 0 Å². The fourth-order valence-corrected chi connectivity index (χ4v) is 7.92. The Hall–Kier alpha value is -11.8. The smallest absolute Gasteiger partial charge is 0.335 e. The van der Waals surface area contributed by atoms with Crippen LogP contribution in [0.3, 0.4) is 0 Å². The lowest BCUT2D eigenvalue weighted by Crippen LogP contribution is -2.27. The van der Waals surface area contributed by atoms with Gasteiger partial charge in [0.05, 0.1) is 92.3 Å². The number of hydrogen-bond donors (Lipinski definition) is 16. The molecule has 0 radical (unpaired) electrons. The molecule has 8 atom stereocenters. The number of carboxylic acid groups (broad SMARTS) is 8. The number of benzene rings is 8. The average Bonchev–Trinajstić information content (AvgIpc) is 0.864. The summed E-state index contributed by atoms with van der Waals surface area (Å²) >= 11 is 0. The number of carbonyl (C=O) groups is 8. The topological polar surface area (TPSA) is 460 Å². The molecule has 111 heavy (non-hydrogen) atoms. The molecule has 0 aliphatic rings. The van der Waals surface area contributed by atoms with Gasteiger partial charge in [-0.05, 0) is 171 Å². The number of aliphatic hydroxyl groups is 8. The summed E-state index contributed by atoms with van der Waals surface area (Å²) in [7, 11) is 0. The number of hydrogen-bond acceptors (Lipinski definition) is 16. The molecule has 24 heteroatoms. The summed E-state index contributed by atoms with van der Waals surface area (Å²) in [6.07, 6.45) is 7.36. The van der Waals surface area contributed by atoms with Crippen LogP contribution < -0.4 is 0 Å². The Labute approximate surface area is 649 Å². The van der Waals surface area contributed by atoms with Crippen molar-refractivity contribution in [2.45, 2.75) is 141 Å². The van der Waals surface area contributed by atoms with Crippen molar-refractivity contribution in [2.75, 3.05) is 0 Å². The molecule has 602 valence electrons. The van der Waals surface area contributed by atoms with Gasteiger partial charge in [-0.15, -0.1) is 26.3 Å². The van der Waals surface area contributed by atoms with Crippen LogP contribution in [0.25, 0.3) is 0 Å². The van der Waals surface area contributed by atoms with Gasteiger partial charge < -0.3 is 81.7 Å². The second-order valence-electron chi connectivity index (χ2n) is 24.6. The molecule has 0 saturated heterocycles. The highest BCUT2D eigenvalue weighted by Crippen LogP contribution is 2.17. The summed E-state index contributed by atoms with van der Waals surface area (Å²) in [5, 5.41) is 140. The fraction of sp³-hybridized carbons (Fsp3) is 0.264. The Morgan fingerprint density at radius 2 is 0.505 bits per heavy atom. The van der Waals surface area contributed by atoms with E-state index in [0.717, 1.165) is 0 Å². The molecule has 0 aromatic heterocycles. The van der Waals surface area contributed by atoms with E-state index in [0.29, 0.717) is 89.5 Å². The molecule has 8 aromatic carbocycles. The van der Waals surface area contributed by atoms with E-state index in [1.165, 1.54) is 0 Å². The Morgan fingerprint density at radius 3 is 0.640 bits per heavy atom. The van der Waals surface area contributed by atoms with Crippen molar-refractivity contribution in [3.05, 3.63) is 338 Å². The van der Waals surface area contributed by atoms with E-state index in [1.807, 2.05) is 6.92 Å². The van der Waals surface area contributed by atoms with Gasteiger partial charge in [0.25, 0.3) is 0 Å². The standard InChI is InChI=1S/3C8H16O2.8C7H6O2.C7H14O2/c1-4-5-7(9)6-8(2,3)10;1-4-5-8(3,10)6-7(2)9;1-4-5-8(10)6(2)7(3)9;8*8-7(9)6-4-2-1-3-5-6;1-3-4-7(9)5-6(2)8/h2*4,7,9-10H,1,5-6H2,2-3H3;4,6-10H,1,5H2,2-3H3;8*1-5H,(H,8,9);3,6-9H,1,4-5H2,2H3. The average molecular weight is 1540 g/mol. The van der Waals surface area contributed by atoms with Crippen LogP contribution in [0.15, 0.2) is 293 Å². The molecule has 0 aliphatic heterocycles. The van der Waals surface area contributed by atoms with Crippen molar-refractivity contribution in [2.24, 2.45) is 5.92 Å². The second kappa shape index (κ2) is 64.2. The lowest BCUT2D eigenvalue weighted by atomic mass is 9.95. The van der Waals surface area contributed by atoms with Gasteiger partial charge in [-0.3, -0.25) is 0 Å². The monoisotopic (exact) mass is 1540 g/mol. The highest BCUT2D eigenvalue weighted by Gasteiger charge is 2.21. The van der Waals surface area contributed by atoms with Gasteiger partial charge in [-0.1, -0.05) is 177 Å². The third-order valence-corrected chi connectivity index (χ3v) is 13.5. The largest absolute Gasteiger partial charge is 0.478 e. The quantitative estimate of drug-likeness (QED) is 0.0250. The minimum Gasteiger partial charge on any atom is -0.478 e. The molecule has 8 unspecified atom stereocenters. The van der Waals surface area contributed by atoms with Gasteiger partial charge in [0, 0.05) is 18.8 Å². The van der Waals surface area contributed by atoms with E-state index in [1.54, 1.807) is 309 Å². The summed E-state index contributed by atoms with van der Waals surface area (Å²) in [5.74, 6) is -7.10. The molecule has 0 spiro atoms. The molecule has 0 heterocycles. The first-order valence-corrected chi connectivity index (χ1v) is 34.4. The van der Waals surface area contributed by atoms with E-state index < -0.39 is 95.6 Å². The van der Waals surface area contributed by atoms with E-state index in [-0.39, 0.29) is 5.92 Å². The van der Waals surface area contributed by atoms with Crippen molar-refractivity contribution in [1.82, 2.24) is 0 Å². The minimum absolute atomic E-state index is 0.0713. The molecule has 8 rings (SSSR count). The molecule has 0 bridgehead atoms. The molecule has 0 amide bonds. The molecule has 24 nitrogen and oxygen atoms in total. The zero-order valence-electron chi connectivity index (χ0n) is 63.6. The Kier molecular flexibility index (Phi) is 61.0. The van der Waals surface area contributed by atoms with E-state index in [2.05, 4.69) is 26.3 Å². The summed E-state index contributed by atoms with van der Waals surface area (Å²) in [5.41, 5.74) is 1.08. The molecule has 0 aliphatic carbocycles. The lowest BCUT2D eigenvalue weighted by molar-refractivity contribution is 0.0117. The van der Waals surface area contributed by atoms with Crippen LogP contribution >= 0.6 is 0 Å². The molecular formula is C87H110O24. The molecule has 0 saturated carbocycles. The van der Waals surface area contributed by atoms with Crippen LogP contribution in [-0.4, -0.2) is 177 Å². The Morgan fingerprint density at radius 1 is 0.306 bits per heavy atom. The summed E-state index contributed by atoms with van der Waals surface area (Å²) in [6.45, 7) is 25.8. The Bertz CT molecular complexity index is 3180. The van der Waals surface area contributed by atoms with Crippen molar-refractivity contribution in [3.63, 3.8) is 0 Å². The van der Waals surface area contributed by atoms with Gasteiger partial charge in [-0.2, -0.15) is 0 Å². The van der Waals surface area contributed by atoms with Crippen molar-refractivity contribution < 1.29 is 120 Å². The zero-order chi connectivity index (χ0) is 85.3. The maximum Gasteiger partial charge on any atom is 0.335 e. The predicted molar refractivity (Wildman–Crippen MR) is 429 cm³/mol. The third-order valence-electron chi connectivity index (χ3n) is 13.5. The molecule has 0 fully saturated rings. The second-order valence-corrected chi connectivity index (χ2v) is 24.6. The number of aliphatic hydroxyl groups excluding tert-OH is 6.